The second-order valence-electron chi connectivity index (χ2n) is 6.27. The predicted molar refractivity (Wildman–Crippen MR) is 107 cm³/mol. The zero-order chi connectivity index (χ0) is 18.6. The molecule has 5 nitrogen and oxygen atoms in total. The first kappa shape index (κ1) is 17.2. The van der Waals surface area contributed by atoms with Crippen LogP contribution in [-0.2, 0) is 6.54 Å². The molecule has 0 fully saturated rings. The number of nitrogens with zero attached hydrogens (tertiary/aromatic N) is 2. The van der Waals surface area contributed by atoms with Crippen molar-refractivity contribution in [1.29, 1.82) is 0 Å². The van der Waals surface area contributed by atoms with Crippen molar-refractivity contribution in [2.45, 2.75) is 13.5 Å². The molecule has 4 aromatic rings. The lowest BCUT2D eigenvalue weighted by molar-refractivity contribution is 0.0955. The van der Waals surface area contributed by atoms with Gasteiger partial charge in [0, 0.05) is 30.1 Å². The number of thiophene rings is 1. The molecule has 0 atom stereocenters. The number of nitrogens with one attached hydrogen (secondary N) is 2. The standard InChI is InChI=1S/C21H18N4OS/c1-14-9-19(27-13-14)21(26)23-11-15-3-2-4-17(10-15)20-18(12-24-25-20)16-5-7-22-8-6-16/h2-10,12-13H,11H2,1H3,(H,23,26)(H,24,25). The lowest BCUT2D eigenvalue weighted by atomic mass is 10.0. The fourth-order valence-corrected chi connectivity index (χ4v) is 3.73. The minimum absolute atomic E-state index is 0.0440. The van der Waals surface area contributed by atoms with Crippen molar-refractivity contribution in [1.82, 2.24) is 20.5 Å². The number of rotatable bonds is 5. The second kappa shape index (κ2) is 7.55. The molecule has 27 heavy (non-hydrogen) atoms. The van der Waals surface area contributed by atoms with Gasteiger partial charge in [-0.2, -0.15) is 5.10 Å². The van der Waals surface area contributed by atoms with Crippen LogP contribution < -0.4 is 5.32 Å². The quantitative estimate of drug-likeness (QED) is 0.542. The predicted octanol–water partition coefficient (Wildman–Crippen LogP) is 4.44. The summed E-state index contributed by atoms with van der Waals surface area (Å²) in [7, 11) is 0. The number of pyridine rings is 1. The van der Waals surface area contributed by atoms with Crippen LogP contribution in [0.25, 0.3) is 22.4 Å². The highest BCUT2D eigenvalue weighted by molar-refractivity contribution is 7.12. The largest absolute Gasteiger partial charge is 0.347 e. The van der Waals surface area contributed by atoms with Gasteiger partial charge in [-0.05, 0) is 53.3 Å². The van der Waals surface area contributed by atoms with Crippen LogP contribution >= 0.6 is 11.3 Å². The number of carbonyl (C=O) groups is 1. The molecule has 0 aliphatic heterocycles. The van der Waals surface area contributed by atoms with Crippen molar-refractivity contribution in [3.05, 3.63) is 82.4 Å². The van der Waals surface area contributed by atoms with Crippen molar-refractivity contribution >= 4 is 17.2 Å². The van der Waals surface area contributed by atoms with Crippen molar-refractivity contribution in [2.75, 3.05) is 0 Å². The van der Waals surface area contributed by atoms with Gasteiger partial charge in [0.2, 0.25) is 0 Å². The summed E-state index contributed by atoms with van der Waals surface area (Å²) in [5.41, 5.74) is 6.19. The Labute approximate surface area is 161 Å². The van der Waals surface area contributed by atoms with Gasteiger partial charge in [0.15, 0.2) is 0 Å². The molecule has 2 N–H and O–H groups in total. The van der Waals surface area contributed by atoms with Crippen LogP contribution in [0.1, 0.15) is 20.8 Å². The average Bonchev–Trinajstić information content (AvgIpc) is 3.36. The molecule has 0 spiro atoms. The molecule has 134 valence electrons. The number of aryl methyl sites for hydroxylation is 1. The van der Waals surface area contributed by atoms with Gasteiger partial charge >= 0.3 is 0 Å². The zero-order valence-corrected chi connectivity index (χ0v) is 15.6. The molecule has 6 heteroatoms. The molecule has 0 saturated carbocycles. The monoisotopic (exact) mass is 374 g/mol. The first-order valence-electron chi connectivity index (χ1n) is 8.57. The van der Waals surface area contributed by atoms with Crippen molar-refractivity contribution < 1.29 is 4.79 Å². The number of aromatic nitrogens is 3. The number of amides is 1. The molecule has 0 radical (unpaired) electrons. The van der Waals surface area contributed by atoms with E-state index in [1.807, 2.05) is 54.9 Å². The number of carbonyl (C=O) groups excluding carboxylic acids is 1. The third kappa shape index (κ3) is 3.80. The van der Waals surface area contributed by atoms with Crippen LogP contribution in [0.5, 0.6) is 0 Å². The highest BCUT2D eigenvalue weighted by Crippen LogP contribution is 2.30. The minimum Gasteiger partial charge on any atom is -0.347 e. The van der Waals surface area contributed by atoms with E-state index in [4.69, 9.17) is 0 Å². The molecule has 0 unspecified atom stereocenters. The number of H-pyrrole nitrogens is 1. The van der Waals surface area contributed by atoms with Gasteiger partial charge in [-0.3, -0.25) is 14.9 Å². The molecule has 1 aromatic carbocycles. The Morgan fingerprint density at radius 1 is 1.15 bits per heavy atom. The normalized spacial score (nSPS) is 10.7. The van der Waals surface area contributed by atoms with Gasteiger partial charge in [0.1, 0.15) is 0 Å². The second-order valence-corrected chi connectivity index (χ2v) is 7.18. The number of benzene rings is 1. The first-order valence-corrected chi connectivity index (χ1v) is 9.45. The lowest BCUT2D eigenvalue weighted by Gasteiger charge is -2.08. The molecule has 0 bridgehead atoms. The van der Waals surface area contributed by atoms with Crippen molar-refractivity contribution in [3.63, 3.8) is 0 Å². The van der Waals surface area contributed by atoms with E-state index in [2.05, 4.69) is 26.6 Å². The molecule has 3 heterocycles. The fourth-order valence-electron chi connectivity index (χ4n) is 2.91. The maximum atomic E-state index is 12.3. The van der Waals surface area contributed by atoms with E-state index in [1.54, 1.807) is 12.4 Å². The Morgan fingerprint density at radius 2 is 2.00 bits per heavy atom. The van der Waals surface area contributed by atoms with Gasteiger partial charge in [-0.1, -0.05) is 18.2 Å². The number of hydrogen-bond acceptors (Lipinski definition) is 4. The van der Waals surface area contributed by atoms with Crippen LogP contribution in [0.3, 0.4) is 0 Å². The van der Waals surface area contributed by atoms with Crippen LogP contribution in [-0.4, -0.2) is 21.1 Å². The molecule has 0 aliphatic rings. The van der Waals surface area contributed by atoms with E-state index in [1.165, 1.54) is 11.3 Å². The summed E-state index contributed by atoms with van der Waals surface area (Å²) < 4.78 is 0. The molecule has 0 aliphatic carbocycles. The van der Waals surface area contributed by atoms with Crippen LogP contribution in [0.4, 0.5) is 0 Å². The first-order chi connectivity index (χ1) is 13.2. The molecule has 3 aromatic heterocycles. The SMILES string of the molecule is Cc1csc(C(=O)NCc2cccc(-c3[nH]ncc3-c3ccncc3)c2)c1. The van der Waals surface area contributed by atoms with Crippen molar-refractivity contribution in [2.24, 2.45) is 0 Å². The van der Waals surface area contributed by atoms with E-state index in [-0.39, 0.29) is 5.91 Å². The summed E-state index contributed by atoms with van der Waals surface area (Å²) >= 11 is 1.46. The Kier molecular flexibility index (Phi) is 4.80. The molecule has 0 saturated heterocycles. The van der Waals surface area contributed by atoms with Crippen molar-refractivity contribution in [3.8, 4) is 22.4 Å². The van der Waals surface area contributed by atoms with Gasteiger partial charge in [-0.25, -0.2) is 0 Å². The molecular weight excluding hydrogens is 356 g/mol. The maximum absolute atomic E-state index is 12.3. The Hall–Kier alpha value is -3.25. The van der Waals surface area contributed by atoms with E-state index < -0.39 is 0 Å². The van der Waals surface area contributed by atoms with E-state index in [0.717, 1.165) is 38.4 Å². The van der Waals surface area contributed by atoms with E-state index in [0.29, 0.717) is 6.54 Å². The maximum Gasteiger partial charge on any atom is 0.261 e. The van der Waals surface area contributed by atoms with Gasteiger partial charge in [0.25, 0.3) is 5.91 Å². The molecular formula is C21H18N4OS. The van der Waals surface area contributed by atoms with Crippen LogP contribution in [0.15, 0.2) is 66.4 Å². The van der Waals surface area contributed by atoms with Gasteiger partial charge < -0.3 is 5.32 Å². The summed E-state index contributed by atoms with van der Waals surface area (Å²) in [6.45, 7) is 2.46. The topological polar surface area (TPSA) is 70.7 Å². The van der Waals surface area contributed by atoms with Gasteiger partial charge in [0.05, 0.1) is 16.8 Å². The summed E-state index contributed by atoms with van der Waals surface area (Å²) in [5, 5.41) is 12.3. The third-order valence-corrected chi connectivity index (χ3v) is 5.30. The summed E-state index contributed by atoms with van der Waals surface area (Å²) in [5.74, 6) is -0.0440. The van der Waals surface area contributed by atoms with Crippen LogP contribution in [0.2, 0.25) is 0 Å². The summed E-state index contributed by atoms with van der Waals surface area (Å²) in [6, 6.07) is 13.9. The Balaban J connectivity index is 1.54. The summed E-state index contributed by atoms with van der Waals surface area (Å²) in [6.07, 6.45) is 5.35. The fraction of sp³-hybridized carbons (Fsp3) is 0.0952. The number of hydrogen-bond donors (Lipinski definition) is 2. The smallest absolute Gasteiger partial charge is 0.261 e. The average molecular weight is 374 g/mol. The number of aromatic amines is 1. The highest BCUT2D eigenvalue weighted by Gasteiger charge is 2.11. The van der Waals surface area contributed by atoms with Crippen LogP contribution in [0, 0.1) is 6.92 Å². The highest BCUT2D eigenvalue weighted by atomic mass is 32.1. The third-order valence-electron chi connectivity index (χ3n) is 4.25. The zero-order valence-electron chi connectivity index (χ0n) is 14.8. The lowest BCUT2D eigenvalue weighted by Crippen LogP contribution is -2.21. The minimum atomic E-state index is -0.0440. The Bertz CT molecular complexity index is 1070. The Morgan fingerprint density at radius 3 is 2.78 bits per heavy atom. The van der Waals surface area contributed by atoms with E-state index in [9.17, 15) is 4.79 Å². The van der Waals surface area contributed by atoms with Gasteiger partial charge in [-0.15, -0.1) is 11.3 Å². The molecule has 4 rings (SSSR count). The summed E-state index contributed by atoms with van der Waals surface area (Å²) in [4.78, 5) is 17.1. The van der Waals surface area contributed by atoms with E-state index >= 15 is 0 Å². The molecule has 1 amide bonds.